The van der Waals surface area contributed by atoms with Crippen molar-refractivity contribution >= 4 is 5.91 Å². The predicted molar refractivity (Wildman–Crippen MR) is 90.6 cm³/mol. The van der Waals surface area contributed by atoms with Crippen LogP contribution in [0, 0.1) is 17.8 Å². The average molecular weight is 304 g/mol. The highest BCUT2D eigenvalue weighted by molar-refractivity contribution is 5.79. The molecule has 3 nitrogen and oxygen atoms in total. The van der Waals surface area contributed by atoms with Crippen molar-refractivity contribution in [3.05, 3.63) is 12.2 Å². The van der Waals surface area contributed by atoms with E-state index in [1.165, 1.54) is 38.6 Å². The highest BCUT2D eigenvalue weighted by Gasteiger charge is 2.30. The summed E-state index contributed by atoms with van der Waals surface area (Å²) < 4.78 is 0. The summed E-state index contributed by atoms with van der Waals surface area (Å²) in [5.74, 6) is 2.29. The first kappa shape index (κ1) is 16.0. The maximum Gasteiger partial charge on any atom is 0.225 e. The molecule has 0 N–H and O–H groups in total. The van der Waals surface area contributed by atoms with Gasteiger partial charge in [-0.1, -0.05) is 19.1 Å². The number of carbonyl (C=O) groups is 1. The number of piperidine rings is 2. The van der Waals surface area contributed by atoms with Crippen LogP contribution in [-0.4, -0.2) is 48.4 Å². The summed E-state index contributed by atoms with van der Waals surface area (Å²) in [6.07, 6.45) is 13.2. The molecular formula is C19H32N2O. The molecule has 0 unspecified atom stereocenters. The molecule has 2 aliphatic heterocycles. The lowest BCUT2D eigenvalue weighted by molar-refractivity contribution is -0.138. The van der Waals surface area contributed by atoms with Crippen LogP contribution in [0.25, 0.3) is 0 Å². The van der Waals surface area contributed by atoms with Crippen LogP contribution in [0.1, 0.15) is 51.9 Å². The van der Waals surface area contributed by atoms with E-state index in [2.05, 4.69) is 28.9 Å². The van der Waals surface area contributed by atoms with Crippen LogP contribution in [0.3, 0.4) is 0 Å². The van der Waals surface area contributed by atoms with E-state index in [0.29, 0.717) is 17.7 Å². The van der Waals surface area contributed by atoms with Gasteiger partial charge in [-0.05, 0) is 69.9 Å². The van der Waals surface area contributed by atoms with E-state index in [1.54, 1.807) is 0 Å². The molecule has 0 aromatic rings. The average Bonchev–Trinajstić information content (AvgIpc) is 2.56. The minimum atomic E-state index is 0.299. The number of carbonyl (C=O) groups excluding carboxylic acids is 1. The fourth-order valence-corrected chi connectivity index (χ4v) is 4.40. The summed E-state index contributed by atoms with van der Waals surface area (Å²) in [5.41, 5.74) is 0. The molecule has 124 valence electrons. The lowest BCUT2D eigenvalue weighted by Gasteiger charge is -2.38. The number of likely N-dealkylation sites (tertiary alicyclic amines) is 2. The molecule has 2 saturated heterocycles. The molecule has 0 saturated carbocycles. The van der Waals surface area contributed by atoms with Crippen LogP contribution >= 0.6 is 0 Å². The normalized spacial score (nSPS) is 31.4. The maximum atomic E-state index is 12.7. The van der Waals surface area contributed by atoms with Gasteiger partial charge in [0.15, 0.2) is 0 Å². The molecule has 2 atom stereocenters. The van der Waals surface area contributed by atoms with Crippen molar-refractivity contribution in [3.63, 3.8) is 0 Å². The summed E-state index contributed by atoms with van der Waals surface area (Å²) in [5, 5.41) is 0. The number of allylic oxidation sites excluding steroid dienone is 2. The van der Waals surface area contributed by atoms with Crippen LogP contribution in [0.15, 0.2) is 12.2 Å². The molecule has 0 radical (unpaired) electrons. The highest BCUT2D eigenvalue weighted by atomic mass is 16.2. The van der Waals surface area contributed by atoms with Gasteiger partial charge < -0.3 is 9.80 Å². The topological polar surface area (TPSA) is 23.6 Å². The number of hydrogen-bond acceptors (Lipinski definition) is 2. The number of amides is 1. The van der Waals surface area contributed by atoms with Gasteiger partial charge in [0.05, 0.1) is 0 Å². The Kier molecular flexibility index (Phi) is 5.56. The van der Waals surface area contributed by atoms with Gasteiger partial charge in [0.25, 0.3) is 0 Å². The smallest absolute Gasteiger partial charge is 0.225 e. The Morgan fingerprint density at radius 1 is 1.09 bits per heavy atom. The zero-order valence-corrected chi connectivity index (χ0v) is 14.2. The van der Waals surface area contributed by atoms with E-state index in [4.69, 9.17) is 0 Å². The molecule has 1 amide bonds. The first-order valence-corrected chi connectivity index (χ1v) is 9.38. The van der Waals surface area contributed by atoms with Gasteiger partial charge in [0.1, 0.15) is 0 Å². The van der Waals surface area contributed by atoms with Crippen LogP contribution in [0.5, 0.6) is 0 Å². The Morgan fingerprint density at radius 2 is 1.91 bits per heavy atom. The fourth-order valence-electron chi connectivity index (χ4n) is 4.40. The molecule has 2 heterocycles. The summed E-state index contributed by atoms with van der Waals surface area (Å²) in [4.78, 5) is 17.5. The Hall–Kier alpha value is -0.830. The van der Waals surface area contributed by atoms with Gasteiger partial charge in [-0.3, -0.25) is 4.79 Å². The van der Waals surface area contributed by atoms with E-state index in [9.17, 15) is 4.79 Å². The molecule has 22 heavy (non-hydrogen) atoms. The van der Waals surface area contributed by atoms with Crippen molar-refractivity contribution in [3.8, 4) is 0 Å². The van der Waals surface area contributed by atoms with E-state index in [-0.39, 0.29) is 0 Å². The third kappa shape index (κ3) is 4.13. The van der Waals surface area contributed by atoms with E-state index >= 15 is 0 Å². The van der Waals surface area contributed by atoms with Crippen LogP contribution in [0.2, 0.25) is 0 Å². The molecule has 0 aromatic heterocycles. The van der Waals surface area contributed by atoms with Gasteiger partial charge in [-0.25, -0.2) is 0 Å². The lowest BCUT2D eigenvalue weighted by Crippen LogP contribution is -2.46. The van der Waals surface area contributed by atoms with Gasteiger partial charge >= 0.3 is 0 Å². The molecule has 0 aromatic carbocycles. The molecule has 0 spiro atoms. The van der Waals surface area contributed by atoms with Gasteiger partial charge in [-0.15, -0.1) is 0 Å². The third-order valence-electron chi connectivity index (χ3n) is 5.80. The van der Waals surface area contributed by atoms with Crippen molar-refractivity contribution in [1.82, 2.24) is 9.80 Å². The molecule has 0 bridgehead atoms. The van der Waals surface area contributed by atoms with E-state index < -0.39 is 0 Å². The minimum Gasteiger partial charge on any atom is -0.342 e. The first-order chi connectivity index (χ1) is 10.7. The first-order valence-electron chi connectivity index (χ1n) is 9.38. The molecule has 2 fully saturated rings. The van der Waals surface area contributed by atoms with Crippen molar-refractivity contribution in [2.45, 2.75) is 51.9 Å². The summed E-state index contributed by atoms with van der Waals surface area (Å²) >= 11 is 0. The second-order valence-corrected chi connectivity index (χ2v) is 7.76. The van der Waals surface area contributed by atoms with Crippen molar-refractivity contribution < 1.29 is 4.79 Å². The van der Waals surface area contributed by atoms with Gasteiger partial charge in [-0.2, -0.15) is 0 Å². The molecule has 3 rings (SSSR count). The van der Waals surface area contributed by atoms with Crippen LogP contribution in [-0.2, 0) is 4.79 Å². The zero-order valence-electron chi connectivity index (χ0n) is 14.2. The highest BCUT2D eigenvalue weighted by Crippen LogP contribution is 2.26. The monoisotopic (exact) mass is 304 g/mol. The lowest BCUT2D eigenvalue weighted by atomic mass is 9.90. The summed E-state index contributed by atoms with van der Waals surface area (Å²) in [6.45, 7) is 7.76. The Balaban J connectivity index is 1.42. The Morgan fingerprint density at radius 3 is 2.59 bits per heavy atom. The Labute approximate surface area is 135 Å². The molecular weight excluding hydrogens is 272 g/mol. The number of rotatable bonds is 3. The number of hydrogen-bond donors (Lipinski definition) is 0. The van der Waals surface area contributed by atoms with Crippen molar-refractivity contribution in [2.24, 2.45) is 17.8 Å². The van der Waals surface area contributed by atoms with Crippen LogP contribution < -0.4 is 0 Å². The van der Waals surface area contributed by atoms with E-state index in [0.717, 1.165) is 44.9 Å². The molecule has 3 heteroatoms. The maximum absolute atomic E-state index is 12.7. The summed E-state index contributed by atoms with van der Waals surface area (Å²) in [7, 11) is 0. The fraction of sp³-hybridized carbons (Fsp3) is 0.842. The quantitative estimate of drug-likeness (QED) is 0.747. The predicted octanol–water partition coefficient (Wildman–Crippen LogP) is 3.31. The zero-order chi connectivity index (χ0) is 15.4. The largest absolute Gasteiger partial charge is 0.342 e. The SMILES string of the molecule is C[C@H]1CCCN(C(=O)C2CCN(C[C@H]3CC=CCC3)CC2)C1. The van der Waals surface area contributed by atoms with Crippen molar-refractivity contribution in [1.29, 1.82) is 0 Å². The summed E-state index contributed by atoms with van der Waals surface area (Å²) in [6, 6.07) is 0. The molecule has 1 aliphatic carbocycles. The van der Waals surface area contributed by atoms with E-state index in [1.807, 2.05) is 0 Å². The molecule has 3 aliphatic rings. The third-order valence-corrected chi connectivity index (χ3v) is 5.80. The van der Waals surface area contributed by atoms with Gasteiger partial charge in [0, 0.05) is 25.6 Å². The minimum absolute atomic E-state index is 0.299. The second kappa shape index (κ2) is 7.63. The number of nitrogens with zero attached hydrogens (tertiary/aromatic N) is 2. The van der Waals surface area contributed by atoms with Crippen molar-refractivity contribution in [2.75, 3.05) is 32.7 Å². The van der Waals surface area contributed by atoms with Gasteiger partial charge in [0.2, 0.25) is 5.91 Å². The standard InChI is InChI=1S/C19H32N2O/c1-16-6-5-11-21(14-16)19(22)18-9-12-20(13-10-18)15-17-7-3-2-4-8-17/h2-3,16-18H,4-15H2,1H3/t16-,17-/m0/s1. The van der Waals surface area contributed by atoms with Crippen LogP contribution in [0.4, 0.5) is 0 Å². The Bertz CT molecular complexity index is 398. The second-order valence-electron chi connectivity index (χ2n) is 7.76.